The number of hydrogen-bond donors (Lipinski definition) is 6. The minimum absolute atomic E-state index is 0.185. The van der Waals surface area contributed by atoms with Gasteiger partial charge in [-0.1, -0.05) is 85.5 Å². The topological polar surface area (TPSA) is 182 Å². The largest absolute Gasteiger partial charge is 0.389 e. The normalized spacial score (nSPS) is 20.5. The molecule has 386 valence electrons. The van der Waals surface area contributed by atoms with E-state index in [4.69, 9.17) is 37.9 Å². The van der Waals surface area contributed by atoms with Crippen LogP contribution in [0.2, 0.25) is 0 Å². The molecule has 6 atom stereocenters. The van der Waals surface area contributed by atoms with E-state index >= 15 is 0 Å². The summed E-state index contributed by atoms with van der Waals surface area (Å²) >= 11 is 0. The van der Waals surface area contributed by atoms with Gasteiger partial charge in [0.1, 0.15) is 12.2 Å². The molecule has 3 saturated carbocycles. The van der Waals surface area contributed by atoms with Crippen molar-refractivity contribution in [2.45, 2.75) is 193 Å². The molecule has 65 heavy (non-hydrogen) atoms. The van der Waals surface area contributed by atoms with Gasteiger partial charge in [-0.15, -0.1) is 0 Å². The van der Waals surface area contributed by atoms with Crippen molar-refractivity contribution < 1.29 is 58.3 Å². The average Bonchev–Trinajstić information content (AvgIpc) is 3.29. The molecule has 3 aliphatic rings. The summed E-state index contributed by atoms with van der Waals surface area (Å²) in [6.07, 6.45) is 14.7. The number of nitrogens with one attached hydrogen (secondary N) is 2. The van der Waals surface area contributed by atoms with Gasteiger partial charge in [0, 0.05) is 68.3 Å². The summed E-state index contributed by atoms with van der Waals surface area (Å²) in [6.45, 7) is 19.2. The highest BCUT2D eigenvalue weighted by atomic mass is 16.6. The molecule has 0 amide bonds. The van der Waals surface area contributed by atoms with E-state index in [9.17, 15) is 20.4 Å². The van der Waals surface area contributed by atoms with E-state index in [0.717, 1.165) is 25.7 Å². The predicted molar refractivity (Wildman–Crippen MR) is 256 cm³/mol. The third kappa shape index (κ3) is 28.6. The van der Waals surface area contributed by atoms with E-state index in [2.05, 4.69) is 43.2 Å². The number of aliphatic hydroxyl groups is 4. The van der Waals surface area contributed by atoms with Crippen LogP contribution >= 0.6 is 0 Å². The molecule has 0 aromatic carbocycles. The highest BCUT2D eigenvalue weighted by Gasteiger charge is 2.28. The summed E-state index contributed by atoms with van der Waals surface area (Å²) < 4.78 is 47.7. The third-order valence-corrected chi connectivity index (χ3v) is 12.7. The highest BCUT2D eigenvalue weighted by molar-refractivity contribution is 4.81. The molecule has 6 N–H and O–H groups in total. The van der Waals surface area contributed by atoms with Crippen LogP contribution in [0.4, 0.5) is 0 Å². The number of rotatable bonds is 39. The first-order chi connectivity index (χ1) is 31.3. The Bertz CT molecular complexity index is 1050. The summed E-state index contributed by atoms with van der Waals surface area (Å²) in [6, 6.07) is 1.27. The van der Waals surface area contributed by atoms with Crippen molar-refractivity contribution in [1.82, 2.24) is 15.5 Å². The molecule has 0 spiro atoms. The Labute approximate surface area is 395 Å². The van der Waals surface area contributed by atoms with E-state index in [1.807, 2.05) is 13.8 Å². The fourth-order valence-electron chi connectivity index (χ4n) is 9.04. The van der Waals surface area contributed by atoms with Gasteiger partial charge in [-0.2, -0.15) is 0 Å². The van der Waals surface area contributed by atoms with Crippen LogP contribution in [0.3, 0.4) is 0 Å². The zero-order chi connectivity index (χ0) is 47.2. The maximum absolute atomic E-state index is 11.2. The maximum atomic E-state index is 11.2. The van der Waals surface area contributed by atoms with Gasteiger partial charge >= 0.3 is 0 Å². The molecule has 0 heterocycles. The summed E-state index contributed by atoms with van der Waals surface area (Å²) in [4.78, 5) is 2.23. The predicted octanol–water partition coefficient (Wildman–Crippen LogP) is 4.87. The zero-order valence-corrected chi connectivity index (χ0v) is 42.0. The Morgan fingerprint density at radius 2 is 0.785 bits per heavy atom. The molecule has 0 radical (unpaired) electrons. The Morgan fingerprint density at radius 3 is 1.15 bits per heavy atom. The molecule has 3 aliphatic carbocycles. The second-order valence-corrected chi connectivity index (χ2v) is 21.0. The Kier molecular flexibility index (Phi) is 31.3. The van der Waals surface area contributed by atoms with Crippen molar-refractivity contribution in [3.63, 3.8) is 0 Å². The standard InChI is InChI=1S/C50H99N3O12/c1-7-58-32-47(64-30-43(54)24-51-40-18-12-9-13-19-40)34-62-38-49(3,4)36-60-28-45(56)26-53(42-22-16-11-17-23-42)27-46(57)29-61-37-50(5,6)39-63-35-48(33-59-8-2)65-31-44(55)25-52-41-20-14-10-15-21-41/h40-48,51-52,54-57H,7-39H2,1-6H3. The molecule has 0 aromatic rings. The molecule has 6 unspecified atom stereocenters. The summed E-state index contributed by atoms with van der Waals surface area (Å²) in [5.74, 6) is 0. The van der Waals surface area contributed by atoms with Crippen molar-refractivity contribution in [3.05, 3.63) is 0 Å². The van der Waals surface area contributed by atoms with Gasteiger partial charge in [0.15, 0.2) is 0 Å². The molecule has 0 aliphatic heterocycles. The van der Waals surface area contributed by atoms with Crippen LogP contribution in [0.5, 0.6) is 0 Å². The maximum Gasteiger partial charge on any atom is 0.104 e. The van der Waals surface area contributed by atoms with E-state index in [1.165, 1.54) is 70.6 Å². The lowest BCUT2D eigenvalue weighted by molar-refractivity contribution is -0.0973. The van der Waals surface area contributed by atoms with Gasteiger partial charge in [0.05, 0.1) is 104 Å². The monoisotopic (exact) mass is 934 g/mol. The molecule has 0 bridgehead atoms. The van der Waals surface area contributed by atoms with Crippen LogP contribution in [0, 0.1) is 10.8 Å². The minimum atomic E-state index is -0.710. The van der Waals surface area contributed by atoms with Gasteiger partial charge in [-0.05, 0) is 52.4 Å². The minimum Gasteiger partial charge on any atom is -0.389 e. The van der Waals surface area contributed by atoms with Crippen molar-refractivity contribution in [3.8, 4) is 0 Å². The lowest BCUT2D eigenvalue weighted by atomic mass is 9.93. The molecule has 3 fully saturated rings. The van der Waals surface area contributed by atoms with Crippen LogP contribution in [0.15, 0.2) is 0 Å². The van der Waals surface area contributed by atoms with E-state index in [-0.39, 0.29) is 49.5 Å². The third-order valence-electron chi connectivity index (χ3n) is 12.7. The Balaban J connectivity index is 1.34. The lowest BCUT2D eigenvalue weighted by Gasteiger charge is -2.37. The van der Waals surface area contributed by atoms with Crippen LogP contribution in [0.25, 0.3) is 0 Å². The van der Waals surface area contributed by atoms with Gasteiger partial charge in [-0.25, -0.2) is 0 Å². The van der Waals surface area contributed by atoms with Crippen molar-refractivity contribution in [1.29, 1.82) is 0 Å². The van der Waals surface area contributed by atoms with Gasteiger partial charge in [0.25, 0.3) is 0 Å². The first-order valence-electron chi connectivity index (χ1n) is 25.9. The highest BCUT2D eigenvalue weighted by Crippen LogP contribution is 2.24. The number of nitrogens with zero attached hydrogens (tertiary/aromatic N) is 1. The lowest BCUT2D eigenvalue weighted by Crippen LogP contribution is -2.47. The molecular weight excluding hydrogens is 835 g/mol. The number of ether oxygens (including phenoxy) is 8. The fourth-order valence-corrected chi connectivity index (χ4v) is 9.04. The smallest absolute Gasteiger partial charge is 0.104 e. The fraction of sp³-hybridized carbons (Fsp3) is 1.00. The van der Waals surface area contributed by atoms with E-state index in [1.54, 1.807) is 0 Å². The number of aliphatic hydroxyl groups excluding tert-OH is 4. The van der Waals surface area contributed by atoms with Crippen molar-refractivity contribution in [2.24, 2.45) is 10.8 Å². The zero-order valence-electron chi connectivity index (χ0n) is 42.0. The molecular formula is C50H99N3O12. The summed E-state index contributed by atoms with van der Waals surface area (Å²) in [5.41, 5.74) is -0.606. The average molecular weight is 934 g/mol. The van der Waals surface area contributed by atoms with Crippen molar-refractivity contribution in [2.75, 3.05) is 119 Å². The van der Waals surface area contributed by atoms with Crippen molar-refractivity contribution >= 4 is 0 Å². The first kappa shape index (κ1) is 58.7. The SMILES string of the molecule is CCOCC(COCC(C)(C)COCC(O)CN(CC(O)COCC(C)(C)COCC(COCC)OCC(O)CNC1CCCCC1)C1CCCCC1)OCC(O)CNC1CCCCC1. The molecule has 0 aromatic heterocycles. The second kappa shape index (κ2) is 34.7. The van der Waals surface area contributed by atoms with Gasteiger partial charge in [0.2, 0.25) is 0 Å². The molecule has 0 saturated heterocycles. The van der Waals surface area contributed by atoms with E-state index < -0.39 is 24.4 Å². The summed E-state index contributed by atoms with van der Waals surface area (Å²) in [5, 5.41) is 50.4. The summed E-state index contributed by atoms with van der Waals surface area (Å²) in [7, 11) is 0. The quantitative estimate of drug-likeness (QED) is 0.0491. The first-order valence-corrected chi connectivity index (χ1v) is 25.9. The van der Waals surface area contributed by atoms with Crippen LogP contribution in [-0.4, -0.2) is 199 Å². The van der Waals surface area contributed by atoms with Crippen LogP contribution in [0.1, 0.15) is 138 Å². The second-order valence-electron chi connectivity index (χ2n) is 21.0. The van der Waals surface area contributed by atoms with Gasteiger partial charge in [-0.3, -0.25) is 4.90 Å². The van der Waals surface area contributed by atoms with E-state index in [0.29, 0.717) is 110 Å². The molecule has 3 rings (SSSR count). The van der Waals surface area contributed by atoms with Crippen LogP contribution in [-0.2, 0) is 37.9 Å². The molecule has 15 nitrogen and oxygen atoms in total. The Morgan fingerprint density at radius 1 is 0.446 bits per heavy atom. The van der Waals surface area contributed by atoms with Crippen LogP contribution < -0.4 is 10.6 Å². The Hall–Kier alpha value is -0.600. The molecule has 15 heteroatoms. The number of hydrogen-bond acceptors (Lipinski definition) is 15. The van der Waals surface area contributed by atoms with Gasteiger partial charge < -0.3 is 69.0 Å².